The largest absolute Gasteiger partial charge is 0.332 e. The van der Waals surface area contributed by atoms with Gasteiger partial charge in [-0.15, -0.1) is 0 Å². The number of benzene rings is 2. The minimum atomic E-state index is -0.156. The molecule has 30 heavy (non-hydrogen) atoms. The zero-order chi connectivity index (χ0) is 21.3. The van der Waals surface area contributed by atoms with Crippen molar-refractivity contribution in [1.82, 2.24) is 9.80 Å². The first-order valence-corrected chi connectivity index (χ1v) is 10.7. The van der Waals surface area contributed by atoms with E-state index >= 15 is 0 Å². The van der Waals surface area contributed by atoms with Crippen LogP contribution < -0.4 is 5.32 Å². The maximum Gasteiger partial charge on any atom is 0.244 e. The van der Waals surface area contributed by atoms with E-state index in [9.17, 15) is 9.59 Å². The van der Waals surface area contributed by atoms with Crippen LogP contribution in [0.3, 0.4) is 0 Å². The van der Waals surface area contributed by atoms with E-state index in [0.29, 0.717) is 13.1 Å². The summed E-state index contributed by atoms with van der Waals surface area (Å²) < 4.78 is 0. The Morgan fingerprint density at radius 2 is 1.80 bits per heavy atom. The minimum Gasteiger partial charge on any atom is -0.332 e. The molecule has 0 radical (unpaired) electrons. The Bertz CT molecular complexity index is 892. The fourth-order valence-corrected chi connectivity index (χ4v) is 3.70. The van der Waals surface area contributed by atoms with E-state index in [1.807, 2.05) is 44.2 Å². The van der Waals surface area contributed by atoms with Gasteiger partial charge in [0, 0.05) is 25.3 Å². The van der Waals surface area contributed by atoms with Crippen LogP contribution in [0.5, 0.6) is 0 Å². The molecule has 2 aromatic carbocycles. The smallest absolute Gasteiger partial charge is 0.244 e. The fraction of sp³-hybridized carbons (Fsp3) is 0.360. The lowest BCUT2D eigenvalue weighted by Crippen LogP contribution is -2.45. The van der Waals surface area contributed by atoms with E-state index in [1.54, 1.807) is 4.90 Å². The first-order chi connectivity index (χ1) is 14.6. The van der Waals surface area contributed by atoms with Gasteiger partial charge in [0.05, 0.1) is 13.1 Å². The number of anilines is 1. The van der Waals surface area contributed by atoms with Gasteiger partial charge in [-0.25, -0.2) is 0 Å². The third-order valence-corrected chi connectivity index (χ3v) is 5.40. The lowest BCUT2D eigenvalue weighted by Gasteiger charge is -2.29. The molecule has 0 saturated heterocycles. The average molecular weight is 406 g/mol. The van der Waals surface area contributed by atoms with Crippen molar-refractivity contribution >= 4 is 23.1 Å². The standard InChI is InChI=1S/C25H31N3O2/c1-3-15-28(18-24(29)26-23-12-8-7-9-20(23)2)25(30)19-27-16-13-22(14-17-27)21-10-5-4-6-11-21/h4-13H,3,14-19H2,1-2H3,(H,26,29). The molecule has 158 valence electrons. The molecule has 5 nitrogen and oxygen atoms in total. The van der Waals surface area contributed by atoms with Crippen molar-refractivity contribution in [2.75, 3.05) is 38.0 Å². The van der Waals surface area contributed by atoms with Gasteiger partial charge in [-0.05, 0) is 42.5 Å². The Kier molecular flexibility index (Phi) is 7.80. The highest BCUT2D eigenvalue weighted by molar-refractivity contribution is 5.95. The molecule has 1 aliphatic rings. The van der Waals surface area contributed by atoms with Crippen molar-refractivity contribution in [1.29, 1.82) is 0 Å². The van der Waals surface area contributed by atoms with Gasteiger partial charge in [0.2, 0.25) is 11.8 Å². The molecule has 0 aromatic heterocycles. The minimum absolute atomic E-state index is 0.00773. The Morgan fingerprint density at radius 3 is 2.47 bits per heavy atom. The monoisotopic (exact) mass is 405 g/mol. The third-order valence-electron chi connectivity index (χ3n) is 5.40. The summed E-state index contributed by atoms with van der Waals surface area (Å²) in [5.41, 5.74) is 4.39. The predicted molar refractivity (Wildman–Crippen MR) is 122 cm³/mol. The summed E-state index contributed by atoms with van der Waals surface area (Å²) in [5, 5.41) is 2.93. The molecule has 2 aromatic rings. The molecule has 1 heterocycles. The topological polar surface area (TPSA) is 52.7 Å². The van der Waals surface area contributed by atoms with Gasteiger partial charge >= 0.3 is 0 Å². The van der Waals surface area contributed by atoms with E-state index in [2.05, 4.69) is 40.6 Å². The maximum absolute atomic E-state index is 12.9. The van der Waals surface area contributed by atoms with Gasteiger partial charge in [0.1, 0.15) is 0 Å². The van der Waals surface area contributed by atoms with E-state index < -0.39 is 0 Å². The van der Waals surface area contributed by atoms with Crippen LogP contribution in [0.1, 0.15) is 30.9 Å². The molecule has 1 N–H and O–H groups in total. The molecule has 0 atom stereocenters. The Hall–Kier alpha value is -2.92. The Morgan fingerprint density at radius 1 is 1.07 bits per heavy atom. The van der Waals surface area contributed by atoms with E-state index in [-0.39, 0.29) is 18.4 Å². The second kappa shape index (κ2) is 10.7. The Labute approximate surface area is 179 Å². The first-order valence-electron chi connectivity index (χ1n) is 10.7. The van der Waals surface area contributed by atoms with Crippen LogP contribution >= 0.6 is 0 Å². The van der Waals surface area contributed by atoms with Gasteiger partial charge in [0.15, 0.2) is 0 Å². The lowest BCUT2D eigenvalue weighted by atomic mass is 9.99. The number of hydrogen-bond donors (Lipinski definition) is 1. The molecule has 0 spiro atoms. The van der Waals surface area contributed by atoms with Gasteiger partial charge in [0.25, 0.3) is 0 Å². The summed E-state index contributed by atoms with van der Waals surface area (Å²) in [6, 6.07) is 18.1. The van der Waals surface area contributed by atoms with Gasteiger partial charge in [-0.2, -0.15) is 0 Å². The van der Waals surface area contributed by atoms with Crippen molar-refractivity contribution < 1.29 is 9.59 Å². The highest BCUT2D eigenvalue weighted by Gasteiger charge is 2.21. The number of para-hydroxylation sites is 1. The zero-order valence-corrected chi connectivity index (χ0v) is 17.9. The van der Waals surface area contributed by atoms with Crippen molar-refractivity contribution in [3.05, 3.63) is 71.8 Å². The van der Waals surface area contributed by atoms with Crippen LogP contribution in [-0.2, 0) is 9.59 Å². The number of carbonyl (C=O) groups is 2. The third kappa shape index (κ3) is 6.04. The van der Waals surface area contributed by atoms with Crippen LogP contribution in [0, 0.1) is 6.92 Å². The number of nitrogens with zero attached hydrogens (tertiary/aromatic N) is 2. The Balaban J connectivity index is 1.54. The van der Waals surface area contributed by atoms with Crippen molar-refractivity contribution in [2.24, 2.45) is 0 Å². The van der Waals surface area contributed by atoms with E-state index in [1.165, 1.54) is 11.1 Å². The molecule has 2 amide bonds. The van der Waals surface area contributed by atoms with Crippen molar-refractivity contribution in [3.8, 4) is 0 Å². The number of aryl methyl sites for hydroxylation is 1. The second-order valence-corrected chi connectivity index (χ2v) is 7.76. The van der Waals surface area contributed by atoms with E-state index in [4.69, 9.17) is 0 Å². The SMILES string of the molecule is CCCN(CC(=O)Nc1ccccc1C)C(=O)CN1CC=C(c2ccccc2)CC1. The first kappa shape index (κ1) is 21.8. The molecule has 0 saturated carbocycles. The molecule has 0 aliphatic carbocycles. The summed E-state index contributed by atoms with van der Waals surface area (Å²) >= 11 is 0. The quantitative estimate of drug-likeness (QED) is 0.723. The number of carbonyl (C=O) groups excluding carboxylic acids is 2. The molecular formula is C25H31N3O2. The number of nitrogens with one attached hydrogen (secondary N) is 1. The summed E-state index contributed by atoms with van der Waals surface area (Å²) in [7, 11) is 0. The van der Waals surface area contributed by atoms with Crippen LogP contribution in [0.4, 0.5) is 5.69 Å². The van der Waals surface area contributed by atoms with Crippen LogP contribution in [0.25, 0.3) is 5.57 Å². The van der Waals surface area contributed by atoms with Crippen LogP contribution in [0.15, 0.2) is 60.7 Å². The maximum atomic E-state index is 12.9. The molecular weight excluding hydrogens is 374 g/mol. The summed E-state index contributed by atoms with van der Waals surface area (Å²) in [4.78, 5) is 29.2. The molecule has 3 rings (SSSR count). The van der Waals surface area contributed by atoms with Gasteiger partial charge < -0.3 is 10.2 Å². The van der Waals surface area contributed by atoms with E-state index in [0.717, 1.165) is 37.2 Å². The second-order valence-electron chi connectivity index (χ2n) is 7.76. The highest BCUT2D eigenvalue weighted by Crippen LogP contribution is 2.22. The van der Waals surface area contributed by atoms with Crippen molar-refractivity contribution in [3.63, 3.8) is 0 Å². The zero-order valence-electron chi connectivity index (χ0n) is 17.9. The van der Waals surface area contributed by atoms with Gasteiger partial charge in [-0.1, -0.05) is 61.5 Å². The molecule has 0 fully saturated rings. The van der Waals surface area contributed by atoms with Crippen molar-refractivity contribution in [2.45, 2.75) is 26.7 Å². The fourth-order valence-electron chi connectivity index (χ4n) is 3.70. The summed E-state index contributed by atoms with van der Waals surface area (Å²) in [6.07, 6.45) is 3.96. The molecule has 5 heteroatoms. The predicted octanol–water partition coefficient (Wildman–Crippen LogP) is 3.96. The highest BCUT2D eigenvalue weighted by atomic mass is 16.2. The summed E-state index contributed by atoms with van der Waals surface area (Å²) in [6.45, 7) is 6.59. The van der Waals surface area contributed by atoms with Gasteiger partial charge in [-0.3, -0.25) is 14.5 Å². The van der Waals surface area contributed by atoms with Crippen LogP contribution in [-0.4, -0.2) is 54.3 Å². The summed E-state index contributed by atoms with van der Waals surface area (Å²) in [5.74, 6) is -0.149. The number of hydrogen-bond acceptors (Lipinski definition) is 3. The molecule has 1 aliphatic heterocycles. The molecule has 0 bridgehead atoms. The molecule has 0 unspecified atom stereocenters. The lowest BCUT2D eigenvalue weighted by molar-refractivity contribution is -0.135. The number of rotatable bonds is 8. The number of amides is 2. The normalized spacial score (nSPS) is 14.1. The average Bonchev–Trinajstić information content (AvgIpc) is 2.76. The van der Waals surface area contributed by atoms with Crippen LogP contribution in [0.2, 0.25) is 0 Å².